The van der Waals surface area contributed by atoms with Crippen molar-refractivity contribution in [2.75, 3.05) is 44.5 Å². The summed E-state index contributed by atoms with van der Waals surface area (Å²) in [6.07, 6.45) is 0. The van der Waals surface area contributed by atoms with Crippen LogP contribution in [0.3, 0.4) is 0 Å². The zero-order valence-corrected chi connectivity index (χ0v) is 16.1. The van der Waals surface area contributed by atoms with Crippen molar-refractivity contribution in [3.8, 4) is 11.5 Å². The summed E-state index contributed by atoms with van der Waals surface area (Å²) in [7, 11) is 0. The second-order valence-corrected chi connectivity index (χ2v) is 6.75. The smallest absolute Gasteiger partial charge is 0.208 e. The van der Waals surface area contributed by atoms with Crippen molar-refractivity contribution in [2.24, 2.45) is 0 Å². The Kier molecular flexibility index (Phi) is 5.64. The van der Waals surface area contributed by atoms with E-state index in [9.17, 15) is 5.11 Å². The molecule has 0 saturated heterocycles. The molecule has 1 aliphatic heterocycles. The largest absolute Gasteiger partial charge is 0.494 e. The van der Waals surface area contributed by atoms with Crippen LogP contribution in [0.4, 0.5) is 5.95 Å². The number of rotatable bonds is 8. The van der Waals surface area contributed by atoms with Crippen LogP contribution in [0.1, 0.15) is 6.92 Å². The van der Waals surface area contributed by atoms with Gasteiger partial charge in [-0.25, -0.2) is 4.98 Å². The minimum absolute atomic E-state index is 0.0969. The van der Waals surface area contributed by atoms with E-state index < -0.39 is 0 Å². The summed E-state index contributed by atoms with van der Waals surface area (Å²) in [5.41, 5.74) is 2.09. The number of aliphatic hydroxyl groups excluding tert-OH is 1. The highest BCUT2D eigenvalue weighted by Crippen LogP contribution is 2.26. The monoisotopic (exact) mass is 382 g/mol. The van der Waals surface area contributed by atoms with E-state index in [1.54, 1.807) is 0 Å². The van der Waals surface area contributed by atoms with Gasteiger partial charge < -0.3 is 19.5 Å². The third-order valence-electron chi connectivity index (χ3n) is 4.81. The average molecular weight is 382 g/mol. The van der Waals surface area contributed by atoms with Gasteiger partial charge in [0.1, 0.15) is 18.1 Å². The molecule has 0 amide bonds. The third kappa shape index (κ3) is 3.90. The summed E-state index contributed by atoms with van der Waals surface area (Å²) in [5, 5.41) is 9.46. The van der Waals surface area contributed by atoms with Crippen molar-refractivity contribution in [2.45, 2.75) is 13.6 Å². The molecule has 3 aromatic rings. The molecule has 2 heterocycles. The zero-order chi connectivity index (χ0) is 19.3. The maximum Gasteiger partial charge on any atom is 0.208 e. The molecule has 0 atom stereocenters. The number of β-amino-alcohol motifs (C(OH)–C–C–N with tert-alkyl or cyclic N) is 1. The number of nitrogens with zero attached hydrogens (tertiary/aromatic N) is 4. The molecule has 0 radical (unpaired) electrons. The van der Waals surface area contributed by atoms with E-state index in [0.717, 1.165) is 48.4 Å². The fourth-order valence-electron chi connectivity index (χ4n) is 3.52. The summed E-state index contributed by atoms with van der Waals surface area (Å²) in [5.74, 6) is 2.60. The molecule has 1 aliphatic rings. The van der Waals surface area contributed by atoms with E-state index >= 15 is 0 Å². The van der Waals surface area contributed by atoms with Gasteiger partial charge in [-0.1, -0.05) is 12.1 Å². The number of benzene rings is 2. The number of hydrogen-bond donors (Lipinski definition) is 1. The maximum atomic E-state index is 9.46. The molecule has 0 saturated carbocycles. The highest BCUT2D eigenvalue weighted by molar-refractivity contribution is 5.79. The van der Waals surface area contributed by atoms with Gasteiger partial charge in [-0.3, -0.25) is 9.47 Å². The molecule has 28 heavy (non-hydrogen) atoms. The van der Waals surface area contributed by atoms with Gasteiger partial charge in [-0.2, -0.15) is 0 Å². The second kappa shape index (κ2) is 8.50. The molecule has 0 spiro atoms. The summed E-state index contributed by atoms with van der Waals surface area (Å²) in [4.78, 5) is 9.16. The second-order valence-electron chi connectivity index (χ2n) is 6.75. The molecular weight excluding hydrogens is 356 g/mol. The number of imidazole rings is 1. The number of hydrogen-bond acceptors (Lipinski definition) is 6. The quantitative estimate of drug-likeness (QED) is 0.646. The van der Waals surface area contributed by atoms with Crippen LogP contribution in [-0.4, -0.2) is 59.1 Å². The van der Waals surface area contributed by atoms with Crippen molar-refractivity contribution >= 4 is 17.0 Å². The number of fused-ring (bicyclic) bond motifs is 3. The van der Waals surface area contributed by atoms with Crippen LogP contribution in [0.15, 0.2) is 48.5 Å². The van der Waals surface area contributed by atoms with Crippen molar-refractivity contribution in [1.82, 2.24) is 14.5 Å². The first-order valence-corrected chi connectivity index (χ1v) is 9.67. The Balaban J connectivity index is 1.41. The number of para-hydroxylation sites is 2. The lowest BCUT2D eigenvalue weighted by Crippen LogP contribution is -2.47. The lowest BCUT2D eigenvalue weighted by atomic mass is 10.3. The topological polar surface area (TPSA) is 63.0 Å². The van der Waals surface area contributed by atoms with E-state index in [1.165, 1.54) is 0 Å². The van der Waals surface area contributed by atoms with Gasteiger partial charge in [-0.05, 0) is 43.3 Å². The lowest BCUT2D eigenvalue weighted by Gasteiger charge is -2.36. The zero-order valence-electron chi connectivity index (χ0n) is 16.1. The van der Waals surface area contributed by atoms with Gasteiger partial charge in [0.05, 0.1) is 37.6 Å². The van der Waals surface area contributed by atoms with Crippen molar-refractivity contribution < 1.29 is 14.6 Å². The van der Waals surface area contributed by atoms with Gasteiger partial charge >= 0.3 is 0 Å². The molecule has 7 nitrogen and oxygen atoms in total. The fraction of sp³-hybridized carbons (Fsp3) is 0.381. The fourth-order valence-corrected chi connectivity index (χ4v) is 3.52. The van der Waals surface area contributed by atoms with Gasteiger partial charge in [-0.15, -0.1) is 0 Å². The first-order valence-electron chi connectivity index (χ1n) is 9.67. The molecule has 0 bridgehead atoms. The number of anilines is 1. The predicted octanol–water partition coefficient (Wildman–Crippen LogP) is 2.54. The normalized spacial score (nSPS) is 14.3. The standard InChI is InChI=1S/C21H26N4O3/c1-2-27-17-7-9-18(10-8-17)28-14-12-23-15-24(11-13-26)21-22-19-5-3-4-6-20(19)25(21)16-23/h3-10,26H,2,11-16H2,1H3. The Hall–Kier alpha value is -2.77. The van der Waals surface area contributed by atoms with E-state index in [2.05, 4.69) is 20.4 Å². The Morgan fingerprint density at radius 2 is 1.71 bits per heavy atom. The van der Waals surface area contributed by atoms with Crippen molar-refractivity contribution in [1.29, 1.82) is 0 Å². The number of aromatic nitrogens is 2. The molecule has 4 rings (SSSR count). The van der Waals surface area contributed by atoms with Gasteiger partial charge in [0.2, 0.25) is 5.95 Å². The van der Waals surface area contributed by atoms with Crippen LogP contribution in [0, 0.1) is 0 Å². The molecule has 2 aromatic carbocycles. The Labute approximate surface area is 164 Å². The highest BCUT2D eigenvalue weighted by atomic mass is 16.5. The summed E-state index contributed by atoms with van der Waals surface area (Å²) in [6.45, 7) is 6.12. The molecule has 7 heteroatoms. The van der Waals surface area contributed by atoms with E-state index in [1.807, 2.05) is 49.4 Å². The number of ether oxygens (including phenoxy) is 2. The van der Waals surface area contributed by atoms with Crippen LogP contribution >= 0.6 is 0 Å². The van der Waals surface area contributed by atoms with Crippen LogP contribution < -0.4 is 14.4 Å². The Morgan fingerprint density at radius 3 is 2.46 bits per heavy atom. The average Bonchev–Trinajstić information content (AvgIpc) is 3.09. The van der Waals surface area contributed by atoms with Crippen molar-refractivity contribution in [3.63, 3.8) is 0 Å². The first kappa shape index (κ1) is 18.6. The van der Waals surface area contributed by atoms with Crippen LogP contribution in [0.5, 0.6) is 11.5 Å². The molecular formula is C21H26N4O3. The maximum absolute atomic E-state index is 9.46. The molecule has 1 aromatic heterocycles. The first-order chi connectivity index (χ1) is 13.8. The van der Waals surface area contributed by atoms with Gasteiger partial charge in [0, 0.05) is 13.1 Å². The summed E-state index contributed by atoms with van der Waals surface area (Å²) >= 11 is 0. The Bertz CT molecular complexity index is 910. The van der Waals surface area contributed by atoms with E-state index in [-0.39, 0.29) is 6.61 Å². The third-order valence-corrected chi connectivity index (χ3v) is 4.81. The van der Waals surface area contributed by atoms with Gasteiger partial charge in [0.25, 0.3) is 0 Å². The minimum atomic E-state index is 0.0969. The molecule has 148 valence electrons. The summed E-state index contributed by atoms with van der Waals surface area (Å²) < 4.78 is 13.6. The highest BCUT2D eigenvalue weighted by Gasteiger charge is 2.25. The summed E-state index contributed by atoms with van der Waals surface area (Å²) in [6, 6.07) is 15.8. The van der Waals surface area contributed by atoms with Crippen LogP contribution in [0.2, 0.25) is 0 Å². The molecule has 0 fully saturated rings. The molecule has 0 unspecified atom stereocenters. The molecule has 0 aliphatic carbocycles. The van der Waals surface area contributed by atoms with E-state index in [4.69, 9.17) is 14.5 Å². The van der Waals surface area contributed by atoms with Crippen LogP contribution in [0.25, 0.3) is 11.0 Å². The molecule has 1 N–H and O–H groups in total. The minimum Gasteiger partial charge on any atom is -0.494 e. The predicted molar refractivity (Wildman–Crippen MR) is 109 cm³/mol. The Morgan fingerprint density at radius 1 is 0.964 bits per heavy atom. The van der Waals surface area contributed by atoms with Crippen LogP contribution in [-0.2, 0) is 6.67 Å². The van der Waals surface area contributed by atoms with Crippen molar-refractivity contribution in [3.05, 3.63) is 48.5 Å². The lowest BCUT2D eigenvalue weighted by molar-refractivity contribution is 0.157. The van der Waals surface area contributed by atoms with Gasteiger partial charge in [0.15, 0.2) is 0 Å². The number of aliphatic hydroxyl groups is 1. The SMILES string of the molecule is CCOc1ccc(OCCN2CN(CCO)c3nc4ccccc4n3C2)cc1. The van der Waals surface area contributed by atoms with E-state index in [0.29, 0.717) is 19.8 Å².